The fourth-order valence-electron chi connectivity index (χ4n) is 4.17. The monoisotopic (exact) mass is 429 g/mol. The largest absolute Gasteiger partial charge is 0.338 e. The summed E-state index contributed by atoms with van der Waals surface area (Å²) in [5, 5.41) is 10.8. The molecule has 2 aliphatic rings. The van der Waals surface area contributed by atoms with Crippen LogP contribution < -0.4 is 0 Å². The zero-order chi connectivity index (χ0) is 21.3. The Morgan fingerprint density at radius 3 is 2.23 bits per heavy atom. The van der Waals surface area contributed by atoms with Crippen LogP contribution in [0.2, 0.25) is 0 Å². The molecule has 1 amide bonds. The molecule has 158 valence electrons. The highest BCUT2D eigenvalue weighted by molar-refractivity contribution is 7.89. The summed E-state index contributed by atoms with van der Waals surface area (Å²) < 4.78 is 27.1. The molecule has 0 bridgehead atoms. The third kappa shape index (κ3) is 3.95. The topological polar surface area (TPSA) is 101 Å². The van der Waals surface area contributed by atoms with Gasteiger partial charge < -0.3 is 4.90 Å². The van der Waals surface area contributed by atoms with E-state index in [-0.39, 0.29) is 35.5 Å². The lowest BCUT2D eigenvalue weighted by Gasteiger charge is -2.35. The van der Waals surface area contributed by atoms with Crippen LogP contribution in [-0.4, -0.2) is 48.1 Å². The summed E-state index contributed by atoms with van der Waals surface area (Å²) in [6.45, 7) is 1.83. The number of rotatable bonds is 4. The fourth-order valence-corrected chi connectivity index (χ4v) is 5.64. The second-order valence-corrected chi connectivity index (χ2v) is 9.65. The van der Waals surface area contributed by atoms with Gasteiger partial charge in [0.05, 0.1) is 9.82 Å². The number of hydrogen-bond acceptors (Lipinski definition) is 5. The lowest BCUT2D eigenvalue weighted by molar-refractivity contribution is -0.384. The molecule has 0 aromatic heterocycles. The molecule has 9 heteroatoms. The van der Waals surface area contributed by atoms with E-state index in [1.807, 2.05) is 23.1 Å². The number of amides is 1. The van der Waals surface area contributed by atoms with E-state index in [0.29, 0.717) is 25.9 Å². The van der Waals surface area contributed by atoms with Crippen LogP contribution >= 0.6 is 0 Å². The number of benzene rings is 2. The molecule has 2 aromatic carbocycles. The van der Waals surface area contributed by atoms with Gasteiger partial charge in [-0.05, 0) is 42.5 Å². The fraction of sp³-hybridized carbons (Fsp3) is 0.381. The van der Waals surface area contributed by atoms with E-state index in [9.17, 15) is 23.3 Å². The third-order valence-corrected chi connectivity index (χ3v) is 7.84. The lowest BCUT2D eigenvalue weighted by Crippen LogP contribution is -2.45. The van der Waals surface area contributed by atoms with Crippen LogP contribution in [0.1, 0.15) is 24.0 Å². The summed E-state index contributed by atoms with van der Waals surface area (Å²) >= 11 is 0. The number of nitro benzene ring substituents is 1. The van der Waals surface area contributed by atoms with Crippen LogP contribution in [0.25, 0.3) is 0 Å². The maximum absolute atomic E-state index is 13.0. The number of piperidine rings is 1. The minimum Gasteiger partial charge on any atom is -0.338 e. The predicted molar refractivity (Wildman–Crippen MR) is 110 cm³/mol. The minimum atomic E-state index is -3.73. The first-order valence-electron chi connectivity index (χ1n) is 9.96. The van der Waals surface area contributed by atoms with Crippen LogP contribution in [0.4, 0.5) is 5.69 Å². The SMILES string of the molecule is O=C(C1CCN(S(=O)(=O)c2ccc([N+](=O)[O-])cc2)CC1)N1CCc2ccccc2C1. The number of fused-ring (bicyclic) bond motifs is 1. The van der Waals surface area contributed by atoms with E-state index < -0.39 is 14.9 Å². The van der Waals surface area contributed by atoms with Crippen molar-refractivity contribution in [2.45, 2.75) is 30.7 Å². The average molecular weight is 429 g/mol. The van der Waals surface area contributed by atoms with Gasteiger partial charge in [0.25, 0.3) is 5.69 Å². The number of carbonyl (C=O) groups is 1. The van der Waals surface area contributed by atoms with Gasteiger partial charge >= 0.3 is 0 Å². The van der Waals surface area contributed by atoms with Crippen molar-refractivity contribution in [3.8, 4) is 0 Å². The summed E-state index contributed by atoms with van der Waals surface area (Å²) in [6, 6.07) is 13.0. The van der Waals surface area contributed by atoms with Crippen LogP contribution in [0, 0.1) is 16.0 Å². The lowest BCUT2D eigenvalue weighted by atomic mass is 9.94. The molecule has 0 aliphatic carbocycles. The van der Waals surface area contributed by atoms with Crippen LogP contribution in [0.15, 0.2) is 53.4 Å². The van der Waals surface area contributed by atoms with E-state index in [0.717, 1.165) is 6.42 Å². The van der Waals surface area contributed by atoms with Gasteiger partial charge in [-0.2, -0.15) is 4.31 Å². The molecule has 8 nitrogen and oxygen atoms in total. The van der Waals surface area contributed by atoms with Crippen molar-refractivity contribution in [2.75, 3.05) is 19.6 Å². The van der Waals surface area contributed by atoms with Gasteiger partial charge in [-0.15, -0.1) is 0 Å². The van der Waals surface area contributed by atoms with Crippen molar-refractivity contribution < 1.29 is 18.1 Å². The maximum Gasteiger partial charge on any atom is 0.269 e. The Labute approximate surface area is 175 Å². The summed E-state index contributed by atoms with van der Waals surface area (Å²) in [5.74, 6) is -0.0875. The van der Waals surface area contributed by atoms with Crippen molar-refractivity contribution >= 4 is 21.6 Å². The zero-order valence-corrected chi connectivity index (χ0v) is 17.3. The van der Waals surface area contributed by atoms with Crippen LogP contribution in [0.3, 0.4) is 0 Å². The molecule has 1 fully saturated rings. The quantitative estimate of drug-likeness (QED) is 0.549. The third-order valence-electron chi connectivity index (χ3n) is 5.93. The van der Waals surface area contributed by atoms with Crippen molar-refractivity contribution in [3.63, 3.8) is 0 Å². The number of nitro groups is 1. The highest BCUT2D eigenvalue weighted by Crippen LogP contribution is 2.28. The number of non-ortho nitro benzene ring substituents is 1. The molecule has 30 heavy (non-hydrogen) atoms. The molecule has 0 atom stereocenters. The number of hydrogen-bond donors (Lipinski definition) is 0. The highest BCUT2D eigenvalue weighted by atomic mass is 32.2. The molecule has 0 unspecified atom stereocenters. The summed E-state index contributed by atoms with van der Waals surface area (Å²) in [6.07, 6.45) is 1.79. The maximum atomic E-state index is 13.0. The Balaban J connectivity index is 1.38. The smallest absolute Gasteiger partial charge is 0.269 e. The Morgan fingerprint density at radius 2 is 1.60 bits per heavy atom. The standard InChI is InChI=1S/C21H23N3O5S/c25-21(22-12-9-16-3-1-2-4-18(16)15-22)17-10-13-23(14-11-17)30(28,29)20-7-5-19(6-8-20)24(26)27/h1-8,17H,9-15H2. The Kier molecular flexibility index (Phi) is 5.57. The second kappa shape index (κ2) is 8.16. The first-order valence-corrected chi connectivity index (χ1v) is 11.4. The molecule has 4 rings (SSSR count). The summed E-state index contributed by atoms with van der Waals surface area (Å²) in [4.78, 5) is 25.1. The van der Waals surface area contributed by atoms with Crippen LogP contribution in [0.5, 0.6) is 0 Å². The molecule has 0 radical (unpaired) electrons. The van der Waals surface area contributed by atoms with Gasteiger partial charge in [-0.3, -0.25) is 14.9 Å². The first-order chi connectivity index (χ1) is 14.4. The van der Waals surface area contributed by atoms with Gasteiger partial charge in [-0.25, -0.2) is 8.42 Å². The molecule has 0 N–H and O–H groups in total. The van der Waals surface area contributed by atoms with E-state index in [4.69, 9.17) is 0 Å². The van der Waals surface area contributed by atoms with Gasteiger partial charge in [0, 0.05) is 44.2 Å². The summed E-state index contributed by atoms with van der Waals surface area (Å²) in [5.41, 5.74) is 2.31. The number of sulfonamides is 1. The van der Waals surface area contributed by atoms with Crippen molar-refractivity contribution in [2.24, 2.45) is 5.92 Å². The van der Waals surface area contributed by atoms with Gasteiger partial charge in [0.1, 0.15) is 0 Å². The minimum absolute atomic E-state index is 0.0329. The molecule has 0 spiro atoms. The van der Waals surface area contributed by atoms with Crippen LogP contribution in [-0.2, 0) is 27.8 Å². The Bertz CT molecular complexity index is 1060. The highest BCUT2D eigenvalue weighted by Gasteiger charge is 2.34. The molecular formula is C21H23N3O5S. The van der Waals surface area contributed by atoms with Gasteiger partial charge in [0.15, 0.2) is 0 Å². The van der Waals surface area contributed by atoms with E-state index >= 15 is 0 Å². The Morgan fingerprint density at radius 1 is 0.967 bits per heavy atom. The van der Waals surface area contributed by atoms with Gasteiger partial charge in [-0.1, -0.05) is 24.3 Å². The van der Waals surface area contributed by atoms with E-state index in [1.54, 1.807) is 0 Å². The normalized spacial score (nSPS) is 18.1. The second-order valence-electron chi connectivity index (χ2n) is 7.71. The Hall–Kier alpha value is -2.78. The molecule has 2 aromatic rings. The van der Waals surface area contributed by atoms with Crippen molar-refractivity contribution in [1.29, 1.82) is 0 Å². The average Bonchev–Trinajstić information content (AvgIpc) is 2.78. The summed E-state index contributed by atoms with van der Waals surface area (Å²) in [7, 11) is -3.73. The predicted octanol–water partition coefficient (Wildman–Crippen LogP) is 2.58. The van der Waals surface area contributed by atoms with E-state index in [1.165, 1.54) is 39.7 Å². The van der Waals surface area contributed by atoms with E-state index in [2.05, 4.69) is 6.07 Å². The zero-order valence-electron chi connectivity index (χ0n) is 16.4. The number of carbonyl (C=O) groups excluding carboxylic acids is 1. The molecule has 1 saturated heterocycles. The molecule has 0 saturated carbocycles. The molecular weight excluding hydrogens is 406 g/mol. The first kappa shape index (κ1) is 20.5. The number of nitrogens with zero attached hydrogens (tertiary/aromatic N) is 3. The molecule has 2 heterocycles. The molecule has 2 aliphatic heterocycles. The van der Waals surface area contributed by atoms with Crippen molar-refractivity contribution in [3.05, 3.63) is 69.8 Å². The van der Waals surface area contributed by atoms with Gasteiger partial charge in [0.2, 0.25) is 15.9 Å². The van der Waals surface area contributed by atoms with Crippen molar-refractivity contribution in [1.82, 2.24) is 9.21 Å².